The number of rotatable bonds is 8. The molecule has 7 heteroatoms. The molecule has 6 nitrogen and oxygen atoms in total. The molecule has 142 valence electrons. The summed E-state index contributed by atoms with van der Waals surface area (Å²) in [5.41, 5.74) is 1.19. The average molecular weight is 373 g/mol. The highest BCUT2D eigenvalue weighted by Crippen LogP contribution is 2.13. The fraction of sp³-hybridized carbons (Fsp3) is 0.250. The number of ether oxygens (including phenoxy) is 2. The average Bonchev–Trinajstić information content (AvgIpc) is 2.65. The third-order valence-electron chi connectivity index (χ3n) is 3.65. The second-order valence-electron chi connectivity index (χ2n) is 5.85. The van der Waals surface area contributed by atoms with Crippen LogP contribution in [0, 0.1) is 5.82 Å². The van der Waals surface area contributed by atoms with Crippen LogP contribution in [0.2, 0.25) is 0 Å². The maximum absolute atomic E-state index is 12.8. The van der Waals surface area contributed by atoms with Gasteiger partial charge in [-0.3, -0.25) is 9.59 Å². The summed E-state index contributed by atoms with van der Waals surface area (Å²) >= 11 is 0. The minimum absolute atomic E-state index is 0.116. The van der Waals surface area contributed by atoms with E-state index in [-0.39, 0.29) is 18.1 Å². The second-order valence-corrected chi connectivity index (χ2v) is 5.85. The van der Waals surface area contributed by atoms with Gasteiger partial charge in [0.05, 0.1) is 0 Å². The Hall–Kier alpha value is -3.22. The van der Waals surface area contributed by atoms with Gasteiger partial charge in [-0.1, -0.05) is 24.3 Å². The molecule has 0 aromatic heterocycles. The van der Waals surface area contributed by atoms with Crippen molar-refractivity contribution in [3.8, 4) is 5.75 Å². The molecule has 1 amide bonds. The molecular formula is C20H20FNO5. The van der Waals surface area contributed by atoms with E-state index >= 15 is 0 Å². The molecule has 0 aliphatic rings. The molecule has 2 aromatic rings. The van der Waals surface area contributed by atoms with Gasteiger partial charge in [-0.05, 0) is 43.7 Å². The van der Waals surface area contributed by atoms with E-state index in [4.69, 9.17) is 9.47 Å². The quantitative estimate of drug-likeness (QED) is 0.568. The Balaban J connectivity index is 1.77. The summed E-state index contributed by atoms with van der Waals surface area (Å²) in [4.78, 5) is 35.1. The first-order valence-electron chi connectivity index (χ1n) is 8.30. The summed E-state index contributed by atoms with van der Waals surface area (Å²) in [6.45, 7) is 2.67. The molecular weight excluding hydrogens is 353 g/mol. The van der Waals surface area contributed by atoms with E-state index in [9.17, 15) is 18.8 Å². The van der Waals surface area contributed by atoms with Gasteiger partial charge in [0.1, 0.15) is 11.6 Å². The van der Waals surface area contributed by atoms with Crippen molar-refractivity contribution in [3.05, 3.63) is 65.5 Å². The fourth-order valence-corrected chi connectivity index (χ4v) is 2.17. The summed E-state index contributed by atoms with van der Waals surface area (Å²) in [6.07, 6.45) is -1.01. The van der Waals surface area contributed by atoms with Crippen LogP contribution in [0.15, 0.2) is 48.5 Å². The molecule has 0 unspecified atom stereocenters. The summed E-state index contributed by atoms with van der Waals surface area (Å²) in [6, 6.07) is 12.1. The largest absolute Gasteiger partial charge is 0.482 e. The lowest BCUT2D eigenvalue weighted by molar-refractivity contribution is -0.156. The van der Waals surface area contributed by atoms with Crippen molar-refractivity contribution >= 4 is 17.7 Å². The molecule has 0 fully saturated rings. The van der Waals surface area contributed by atoms with Crippen molar-refractivity contribution in [2.75, 3.05) is 6.61 Å². The van der Waals surface area contributed by atoms with Crippen LogP contribution in [0.25, 0.3) is 0 Å². The number of hydrogen-bond donors (Lipinski definition) is 1. The van der Waals surface area contributed by atoms with Crippen molar-refractivity contribution in [2.24, 2.45) is 0 Å². The number of carbonyl (C=O) groups excluding carboxylic acids is 3. The monoisotopic (exact) mass is 373 g/mol. The lowest BCUT2D eigenvalue weighted by Gasteiger charge is -2.14. The maximum atomic E-state index is 12.8. The molecule has 0 aliphatic carbocycles. The second kappa shape index (κ2) is 9.47. The third kappa shape index (κ3) is 6.54. The first-order chi connectivity index (χ1) is 12.8. The topological polar surface area (TPSA) is 81.7 Å². The Morgan fingerprint density at radius 1 is 1.11 bits per heavy atom. The van der Waals surface area contributed by atoms with Crippen LogP contribution in [0.5, 0.6) is 5.75 Å². The zero-order chi connectivity index (χ0) is 19.8. The number of Topliss-reactive ketones (excluding diaryl/α,β-unsaturated/α-hetero) is 1. The smallest absolute Gasteiger partial charge is 0.344 e. The lowest BCUT2D eigenvalue weighted by atomic mass is 10.1. The number of ketones is 1. The Kier molecular flexibility index (Phi) is 7.05. The van der Waals surface area contributed by atoms with Gasteiger partial charge in [0, 0.05) is 12.1 Å². The van der Waals surface area contributed by atoms with Gasteiger partial charge in [-0.2, -0.15) is 0 Å². The Morgan fingerprint density at radius 2 is 1.81 bits per heavy atom. The minimum atomic E-state index is -1.01. The van der Waals surface area contributed by atoms with Gasteiger partial charge in [0.15, 0.2) is 18.5 Å². The first kappa shape index (κ1) is 20.1. The van der Waals surface area contributed by atoms with E-state index in [1.54, 1.807) is 30.3 Å². The number of hydrogen-bond acceptors (Lipinski definition) is 5. The molecule has 0 saturated heterocycles. The lowest BCUT2D eigenvalue weighted by Crippen LogP contribution is -2.36. The molecule has 1 atom stereocenters. The van der Waals surface area contributed by atoms with Crippen LogP contribution in [0.3, 0.4) is 0 Å². The van der Waals surface area contributed by atoms with E-state index in [1.807, 2.05) is 0 Å². The number of nitrogens with one attached hydrogen (secondary N) is 1. The van der Waals surface area contributed by atoms with Gasteiger partial charge in [0.25, 0.3) is 5.91 Å². The van der Waals surface area contributed by atoms with Crippen molar-refractivity contribution in [3.63, 3.8) is 0 Å². The number of amides is 1. The number of halogens is 1. The Morgan fingerprint density at radius 3 is 2.48 bits per heavy atom. The zero-order valence-electron chi connectivity index (χ0n) is 15.0. The molecule has 0 heterocycles. The summed E-state index contributed by atoms with van der Waals surface area (Å²) in [5, 5.41) is 2.60. The molecule has 0 radical (unpaired) electrons. The molecule has 0 bridgehead atoms. The molecule has 0 spiro atoms. The number of carbonyl (C=O) groups is 3. The van der Waals surface area contributed by atoms with E-state index in [1.165, 1.54) is 32.0 Å². The predicted molar refractivity (Wildman–Crippen MR) is 95.7 cm³/mol. The molecule has 1 N–H and O–H groups in total. The van der Waals surface area contributed by atoms with Crippen LogP contribution in [-0.4, -0.2) is 30.4 Å². The van der Waals surface area contributed by atoms with Crippen LogP contribution in [-0.2, 0) is 20.9 Å². The van der Waals surface area contributed by atoms with E-state index in [0.717, 1.165) is 5.56 Å². The van der Waals surface area contributed by atoms with Crippen molar-refractivity contribution in [1.82, 2.24) is 5.32 Å². The first-order valence-corrected chi connectivity index (χ1v) is 8.30. The zero-order valence-corrected chi connectivity index (χ0v) is 15.0. The van der Waals surface area contributed by atoms with Crippen molar-refractivity contribution in [1.29, 1.82) is 0 Å². The van der Waals surface area contributed by atoms with Gasteiger partial charge in [-0.25, -0.2) is 9.18 Å². The molecule has 2 aromatic carbocycles. The van der Waals surface area contributed by atoms with Gasteiger partial charge >= 0.3 is 5.97 Å². The van der Waals surface area contributed by atoms with E-state index < -0.39 is 24.6 Å². The highest BCUT2D eigenvalue weighted by molar-refractivity contribution is 5.94. The minimum Gasteiger partial charge on any atom is -0.482 e. The number of esters is 1. The summed E-state index contributed by atoms with van der Waals surface area (Å²) in [5.74, 6) is -1.32. The van der Waals surface area contributed by atoms with E-state index in [2.05, 4.69) is 5.32 Å². The standard InChI is InChI=1S/C20H20FNO5/c1-13(23)16-4-3-5-18(10-16)26-12-19(24)27-14(2)20(25)22-11-15-6-8-17(21)9-7-15/h3-10,14H,11-12H2,1-2H3,(H,22,25)/t14-/m0/s1. The van der Waals surface area contributed by atoms with E-state index in [0.29, 0.717) is 11.3 Å². The maximum Gasteiger partial charge on any atom is 0.344 e. The fourth-order valence-electron chi connectivity index (χ4n) is 2.17. The molecule has 0 saturated carbocycles. The summed E-state index contributed by atoms with van der Waals surface area (Å²) in [7, 11) is 0. The Bertz CT molecular complexity index is 819. The van der Waals surface area contributed by atoms with Crippen LogP contribution >= 0.6 is 0 Å². The van der Waals surface area contributed by atoms with Gasteiger partial charge in [-0.15, -0.1) is 0 Å². The molecule has 27 heavy (non-hydrogen) atoms. The van der Waals surface area contributed by atoms with Gasteiger partial charge < -0.3 is 14.8 Å². The highest BCUT2D eigenvalue weighted by atomic mass is 19.1. The SMILES string of the molecule is CC(=O)c1cccc(OCC(=O)O[C@@H](C)C(=O)NCc2ccc(F)cc2)c1. The van der Waals surface area contributed by atoms with Crippen molar-refractivity contribution in [2.45, 2.75) is 26.5 Å². The van der Waals surface area contributed by atoms with Crippen LogP contribution in [0.4, 0.5) is 4.39 Å². The summed E-state index contributed by atoms with van der Waals surface area (Å²) < 4.78 is 23.1. The molecule has 2 rings (SSSR count). The van der Waals surface area contributed by atoms with Gasteiger partial charge in [0.2, 0.25) is 0 Å². The predicted octanol–water partition coefficient (Wildman–Crippen LogP) is 2.66. The van der Waals surface area contributed by atoms with Crippen LogP contribution in [0.1, 0.15) is 29.8 Å². The third-order valence-corrected chi connectivity index (χ3v) is 3.65. The Labute approximate surface area is 156 Å². The van der Waals surface area contributed by atoms with Crippen LogP contribution < -0.4 is 10.1 Å². The molecule has 0 aliphatic heterocycles. The number of benzene rings is 2. The highest BCUT2D eigenvalue weighted by Gasteiger charge is 2.18. The van der Waals surface area contributed by atoms with Crippen molar-refractivity contribution < 1.29 is 28.2 Å². The normalized spacial score (nSPS) is 11.4.